The van der Waals surface area contributed by atoms with Gasteiger partial charge in [0, 0.05) is 23.7 Å². The third kappa shape index (κ3) is 3.05. The number of hydrogen-bond donors (Lipinski definition) is 1. The predicted molar refractivity (Wildman–Crippen MR) is 85.8 cm³/mol. The largest absolute Gasteiger partial charge is 0.384 e. The van der Waals surface area contributed by atoms with Crippen molar-refractivity contribution in [2.45, 2.75) is 0 Å². The lowest BCUT2D eigenvalue weighted by atomic mass is 10.0. The lowest BCUT2D eigenvalue weighted by Crippen LogP contribution is -2.41. The summed E-state index contributed by atoms with van der Waals surface area (Å²) in [6.45, 7) is 2.22. The molecule has 6 heteroatoms. The minimum atomic E-state index is -0.124. The summed E-state index contributed by atoms with van der Waals surface area (Å²) in [5, 5.41) is 0.646. The Balaban J connectivity index is 2.00. The molecular formula is C16H16ClN3O2. The second kappa shape index (κ2) is 6.34. The Morgan fingerprint density at radius 3 is 2.50 bits per heavy atom. The van der Waals surface area contributed by atoms with E-state index >= 15 is 0 Å². The standard InChI is InChI=1S/C16H16ClN3O2/c17-12-3-1-11(2-4-12)13-5-6-14(18)19-15(13)16(21)20-7-9-22-10-8-20/h1-6H,7-10H2,(H2,18,19). The predicted octanol–water partition coefficient (Wildman–Crippen LogP) is 2.46. The van der Waals surface area contributed by atoms with Crippen LogP contribution < -0.4 is 5.73 Å². The average molecular weight is 318 g/mol. The Labute approximate surface area is 133 Å². The maximum Gasteiger partial charge on any atom is 0.273 e. The monoisotopic (exact) mass is 317 g/mol. The van der Waals surface area contributed by atoms with Crippen LogP contribution in [0.15, 0.2) is 36.4 Å². The molecule has 2 aromatic rings. The number of amides is 1. The van der Waals surface area contributed by atoms with E-state index < -0.39 is 0 Å². The minimum Gasteiger partial charge on any atom is -0.384 e. The van der Waals surface area contributed by atoms with Crippen molar-refractivity contribution in [3.05, 3.63) is 47.1 Å². The normalized spacial score (nSPS) is 14.9. The van der Waals surface area contributed by atoms with E-state index in [-0.39, 0.29) is 5.91 Å². The molecule has 1 aliphatic heterocycles. The summed E-state index contributed by atoms with van der Waals surface area (Å²) in [4.78, 5) is 18.7. The van der Waals surface area contributed by atoms with Crippen molar-refractivity contribution < 1.29 is 9.53 Å². The van der Waals surface area contributed by atoms with E-state index in [2.05, 4.69) is 4.98 Å². The SMILES string of the molecule is Nc1ccc(-c2ccc(Cl)cc2)c(C(=O)N2CCOCC2)n1. The Bertz CT molecular complexity index is 682. The van der Waals surface area contributed by atoms with Crippen molar-refractivity contribution in [1.82, 2.24) is 9.88 Å². The Hall–Kier alpha value is -2.11. The molecule has 5 nitrogen and oxygen atoms in total. The summed E-state index contributed by atoms with van der Waals surface area (Å²) in [5.41, 5.74) is 7.77. The molecule has 2 heterocycles. The lowest BCUT2D eigenvalue weighted by molar-refractivity contribution is 0.0299. The van der Waals surface area contributed by atoms with Gasteiger partial charge in [-0.3, -0.25) is 4.79 Å². The maximum atomic E-state index is 12.7. The van der Waals surface area contributed by atoms with E-state index in [1.165, 1.54) is 0 Å². The van der Waals surface area contributed by atoms with E-state index in [1.54, 1.807) is 23.1 Å². The molecule has 1 aromatic carbocycles. The molecule has 0 spiro atoms. The van der Waals surface area contributed by atoms with Crippen LogP contribution >= 0.6 is 11.6 Å². The van der Waals surface area contributed by atoms with Gasteiger partial charge in [-0.15, -0.1) is 0 Å². The van der Waals surface area contributed by atoms with Crippen LogP contribution in [0.2, 0.25) is 5.02 Å². The third-order valence-corrected chi connectivity index (χ3v) is 3.82. The average Bonchev–Trinajstić information content (AvgIpc) is 2.56. The number of morpholine rings is 1. The second-order valence-electron chi connectivity index (χ2n) is 5.04. The van der Waals surface area contributed by atoms with Crippen molar-refractivity contribution in [1.29, 1.82) is 0 Å². The number of nitrogens with zero attached hydrogens (tertiary/aromatic N) is 2. The molecular weight excluding hydrogens is 302 g/mol. The number of nitrogens with two attached hydrogens (primary N) is 1. The van der Waals surface area contributed by atoms with Gasteiger partial charge in [0.15, 0.2) is 0 Å². The molecule has 0 unspecified atom stereocenters. The molecule has 3 rings (SSSR count). The van der Waals surface area contributed by atoms with Crippen LogP contribution in [0.5, 0.6) is 0 Å². The van der Waals surface area contributed by atoms with Gasteiger partial charge in [-0.2, -0.15) is 0 Å². The molecule has 1 saturated heterocycles. The summed E-state index contributed by atoms with van der Waals surface area (Å²) < 4.78 is 5.28. The van der Waals surface area contributed by atoms with Gasteiger partial charge in [-0.05, 0) is 29.8 Å². The van der Waals surface area contributed by atoms with Gasteiger partial charge < -0.3 is 15.4 Å². The summed E-state index contributed by atoms with van der Waals surface area (Å²) in [6, 6.07) is 10.8. The number of anilines is 1. The number of aromatic nitrogens is 1. The topological polar surface area (TPSA) is 68.5 Å². The Morgan fingerprint density at radius 1 is 1.14 bits per heavy atom. The van der Waals surface area contributed by atoms with Crippen LogP contribution in [0, 0.1) is 0 Å². The number of hydrogen-bond acceptors (Lipinski definition) is 4. The number of carbonyl (C=O) groups excluding carboxylic acids is 1. The van der Waals surface area contributed by atoms with Gasteiger partial charge in [0.1, 0.15) is 11.5 Å². The highest BCUT2D eigenvalue weighted by molar-refractivity contribution is 6.30. The molecule has 0 radical (unpaired) electrons. The number of rotatable bonds is 2. The summed E-state index contributed by atoms with van der Waals surface area (Å²) in [7, 11) is 0. The molecule has 114 valence electrons. The number of benzene rings is 1. The number of carbonyl (C=O) groups is 1. The number of nitrogen functional groups attached to an aromatic ring is 1. The summed E-state index contributed by atoms with van der Waals surface area (Å²) >= 11 is 5.92. The Morgan fingerprint density at radius 2 is 1.82 bits per heavy atom. The van der Waals surface area contributed by atoms with E-state index in [0.717, 1.165) is 11.1 Å². The number of halogens is 1. The maximum absolute atomic E-state index is 12.7. The van der Waals surface area contributed by atoms with Crippen molar-refractivity contribution in [2.75, 3.05) is 32.0 Å². The first-order valence-electron chi connectivity index (χ1n) is 7.04. The van der Waals surface area contributed by atoms with Gasteiger partial charge in [-0.1, -0.05) is 23.7 Å². The van der Waals surface area contributed by atoms with Crippen molar-refractivity contribution in [3.63, 3.8) is 0 Å². The van der Waals surface area contributed by atoms with Crippen LogP contribution in [0.25, 0.3) is 11.1 Å². The minimum absolute atomic E-state index is 0.124. The van der Waals surface area contributed by atoms with Gasteiger partial charge in [0.2, 0.25) is 0 Å². The van der Waals surface area contributed by atoms with Crippen LogP contribution in [0.3, 0.4) is 0 Å². The molecule has 0 aliphatic carbocycles. The first-order chi connectivity index (χ1) is 10.6. The summed E-state index contributed by atoms with van der Waals surface area (Å²) in [6.07, 6.45) is 0. The molecule has 1 aromatic heterocycles. The molecule has 2 N–H and O–H groups in total. The fourth-order valence-corrected chi connectivity index (χ4v) is 2.54. The van der Waals surface area contributed by atoms with Crippen molar-refractivity contribution in [3.8, 4) is 11.1 Å². The van der Waals surface area contributed by atoms with Crippen LogP contribution in [-0.4, -0.2) is 42.1 Å². The fourth-order valence-electron chi connectivity index (χ4n) is 2.42. The third-order valence-electron chi connectivity index (χ3n) is 3.57. The molecule has 1 amide bonds. The molecule has 0 atom stereocenters. The molecule has 1 aliphatic rings. The second-order valence-corrected chi connectivity index (χ2v) is 5.48. The highest BCUT2D eigenvalue weighted by atomic mass is 35.5. The van der Waals surface area contributed by atoms with E-state index in [1.807, 2.05) is 18.2 Å². The van der Waals surface area contributed by atoms with Crippen LogP contribution in [0.1, 0.15) is 10.5 Å². The van der Waals surface area contributed by atoms with Crippen LogP contribution in [-0.2, 0) is 4.74 Å². The quantitative estimate of drug-likeness (QED) is 0.923. The molecule has 0 bridgehead atoms. The first kappa shape index (κ1) is 14.8. The first-order valence-corrected chi connectivity index (χ1v) is 7.42. The van der Waals surface area contributed by atoms with Crippen molar-refractivity contribution >= 4 is 23.3 Å². The van der Waals surface area contributed by atoms with Gasteiger partial charge in [0.05, 0.1) is 13.2 Å². The van der Waals surface area contributed by atoms with Gasteiger partial charge in [0.25, 0.3) is 5.91 Å². The molecule has 1 fully saturated rings. The highest BCUT2D eigenvalue weighted by Gasteiger charge is 2.23. The highest BCUT2D eigenvalue weighted by Crippen LogP contribution is 2.26. The van der Waals surface area contributed by atoms with Crippen LogP contribution in [0.4, 0.5) is 5.82 Å². The van der Waals surface area contributed by atoms with Gasteiger partial charge >= 0.3 is 0 Å². The van der Waals surface area contributed by atoms with E-state index in [0.29, 0.717) is 42.8 Å². The van der Waals surface area contributed by atoms with Gasteiger partial charge in [-0.25, -0.2) is 4.98 Å². The fraction of sp³-hybridized carbons (Fsp3) is 0.250. The Kier molecular flexibility index (Phi) is 4.27. The zero-order chi connectivity index (χ0) is 15.5. The summed E-state index contributed by atoms with van der Waals surface area (Å²) in [5.74, 6) is 0.204. The van der Waals surface area contributed by atoms with E-state index in [9.17, 15) is 4.79 Å². The lowest BCUT2D eigenvalue weighted by Gasteiger charge is -2.27. The van der Waals surface area contributed by atoms with Crippen molar-refractivity contribution in [2.24, 2.45) is 0 Å². The zero-order valence-corrected chi connectivity index (χ0v) is 12.7. The van der Waals surface area contributed by atoms with E-state index in [4.69, 9.17) is 22.1 Å². The number of ether oxygens (including phenoxy) is 1. The smallest absolute Gasteiger partial charge is 0.273 e. The zero-order valence-electron chi connectivity index (χ0n) is 12.0. The molecule has 22 heavy (non-hydrogen) atoms. The number of pyridine rings is 1. The molecule has 0 saturated carbocycles.